The molecule has 0 radical (unpaired) electrons. The van der Waals surface area contributed by atoms with E-state index in [1.807, 2.05) is 19.1 Å². The molecule has 0 spiro atoms. The summed E-state index contributed by atoms with van der Waals surface area (Å²) in [6.45, 7) is 1.93. The molecule has 8 nitrogen and oxygen atoms in total. The zero-order chi connectivity index (χ0) is 19.7. The van der Waals surface area contributed by atoms with Crippen LogP contribution >= 0.6 is 22.9 Å². The highest BCUT2D eigenvalue weighted by Gasteiger charge is 2.23. The molecule has 2 N–H and O–H groups in total. The molecule has 0 atom stereocenters. The number of benzene rings is 1. The number of carbonyl (C=O) groups excluding carboxylic acids is 1. The van der Waals surface area contributed by atoms with Crippen molar-refractivity contribution in [3.8, 4) is 5.82 Å². The van der Waals surface area contributed by atoms with Crippen LogP contribution in [0.3, 0.4) is 0 Å². The van der Waals surface area contributed by atoms with Crippen LogP contribution in [0.5, 0.6) is 0 Å². The fourth-order valence-corrected chi connectivity index (χ4v) is 3.76. The van der Waals surface area contributed by atoms with E-state index < -0.39 is 5.91 Å². The highest BCUT2D eigenvalue weighted by atomic mass is 35.5. The fourth-order valence-electron chi connectivity index (χ4n) is 2.67. The van der Waals surface area contributed by atoms with Crippen LogP contribution in [0.25, 0.3) is 5.82 Å². The largest absolute Gasteiger partial charge is 0.365 e. The van der Waals surface area contributed by atoms with E-state index in [1.165, 1.54) is 6.20 Å². The third-order valence-corrected chi connectivity index (χ3v) is 5.25. The lowest BCUT2D eigenvalue weighted by molar-refractivity contribution is 0.100. The van der Waals surface area contributed by atoms with Gasteiger partial charge in [0.25, 0.3) is 5.91 Å². The van der Waals surface area contributed by atoms with Gasteiger partial charge in [-0.15, -0.1) is 0 Å². The molecule has 0 unspecified atom stereocenters. The lowest BCUT2D eigenvalue weighted by Crippen LogP contribution is -2.14. The lowest BCUT2D eigenvalue weighted by atomic mass is 10.2. The Labute approximate surface area is 169 Å². The Hall–Kier alpha value is -3.30. The van der Waals surface area contributed by atoms with E-state index in [9.17, 15) is 4.79 Å². The predicted octanol–water partition coefficient (Wildman–Crippen LogP) is 3.65. The summed E-state index contributed by atoms with van der Waals surface area (Å²) in [6, 6.07) is 5.58. The van der Waals surface area contributed by atoms with Crippen LogP contribution in [0.15, 0.2) is 55.5 Å². The highest BCUT2D eigenvalue weighted by Crippen LogP contribution is 2.41. The van der Waals surface area contributed by atoms with E-state index in [0.29, 0.717) is 32.4 Å². The van der Waals surface area contributed by atoms with Gasteiger partial charge in [-0.2, -0.15) is 0 Å². The van der Waals surface area contributed by atoms with Gasteiger partial charge < -0.3 is 5.73 Å². The first-order valence-electron chi connectivity index (χ1n) is 8.16. The first-order valence-corrected chi connectivity index (χ1v) is 9.35. The van der Waals surface area contributed by atoms with Crippen LogP contribution < -0.4 is 10.6 Å². The van der Waals surface area contributed by atoms with Crippen molar-refractivity contribution in [2.45, 2.75) is 6.92 Å². The van der Waals surface area contributed by atoms with Crippen molar-refractivity contribution >= 4 is 45.5 Å². The van der Waals surface area contributed by atoms with E-state index in [4.69, 9.17) is 17.3 Å². The SMILES string of the molecule is Cc1cccc(Cl)c1N(c1cncc(-n2ccnc2)n1)c1ncc(C(N)=O)s1. The standard InChI is InChI=1S/C18H14ClN7OS/c1-11-3-2-4-12(19)16(11)26(18-23-7-13(28-18)17(20)27)15-9-22-8-14(24-15)25-6-5-21-10-25/h2-10H,1H3,(H2,20,27). The Morgan fingerprint density at radius 1 is 1.25 bits per heavy atom. The van der Waals surface area contributed by atoms with Crippen LogP contribution in [-0.4, -0.2) is 30.4 Å². The Morgan fingerprint density at radius 3 is 2.79 bits per heavy atom. The van der Waals surface area contributed by atoms with Gasteiger partial charge >= 0.3 is 0 Å². The van der Waals surface area contributed by atoms with Gasteiger partial charge in [-0.25, -0.2) is 15.0 Å². The van der Waals surface area contributed by atoms with E-state index >= 15 is 0 Å². The first-order chi connectivity index (χ1) is 13.5. The van der Waals surface area contributed by atoms with Crippen molar-refractivity contribution in [2.75, 3.05) is 4.90 Å². The quantitative estimate of drug-likeness (QED) is 0.537. The molecule has 28 heavy (non-hydrogen) atoms. The molecule has 4 aromatic rings. The molecule has 0 saturated carbocycles. The Bertz CT molecular complexity index is 1120. The number of halogens is 1. The lowest BCUT2D eigenvalue weighted by Gasteiger charge is -2.24. The van der Waals surface area contributed by atoms with Crippen molar-refractivity contribution in [3.63, 3.8) is 0 Å². The summed E-state index contributed by atoms with van der Waals surface area (Å²) in [6.07, 6.45) is 9.73. The number of carbonyl (C=O) groups is 1. The molecule has 3 heterocycles. The first kappa shape index (κ1) is 18.1. The molecule has 4 rings (SSSR count). The van der Waals surface area contributed by atoms with Crippen LogP contribution in [0.4, 0.5) is 16.6 Å². The molecule has 0 fully saturated rings. The number of imidazole rings is 1. The number of para-hydroxylation sites is 1. The second-order valence-electron chi connectivity index (χ2n) is 5.82. The zero-order valence-electron chi connectivity index (χ0n) is 14.7. The van der Waals surface area contributed by atoms with Gasteiger partial charge in [0, 0.05) is 12.4 Å². The van der Waals surface area contributed by atoms with Gasteiger partial charge in [0.1, 0.15) is 11.2 Å². The Balaban J connectivity index is 1.91. The van der Waals surface area contributed by atoms with Crippen molar-refractivity contribution < 1.29 is 4.79 Å². The predicted molar refractivity (Wildman–Crippen MR) is 108 cm³/mol. The maximum Gasteiger partial charge on any atom is 0.260 e. The second-order valence-corrected chi connectivity index (χ2v) is 7.23. The summed E-state index contributed by atoms with van der Waals surface area (Å²) in [7, 11) is 0. The summed E-state index contributed by atoms with van der Waals surface area (Å²) in [4.78, 5) is 31.1. The molecule has 140 valence electrons. The molecule has 0 saturated heterocycles. The van der Waals surface area contributed by atoms with Crippen LogP contribution in [0.2, 0.25) is 5.02 Å². The number of hydrogen-bond donors (Lipinski definition) is 1. The van der Waals surface area contributed by atoms with Crippen molar-refractivity contribution in [1.82, 2.24) is 24.5 Å². The number of thiazole rings is 1. The van der Waals surface area contributed by atoms with Crippen LogP contribution in [-0.2, 0) is 0 Å². The molecule has 1 amide bonds. The number of aryl methyl sites for hydroxylation is 1. The number of nitrogens with two attached hydrogens (primary N) is 1. The average molecular weight is 412 g/mol. The normalized spacial score (nSPS) is 10.8. The monoisotopic (exact) mass is 411 g/mol. The number of anilines is 3. The number of aromatic nitrogens is 5. The average Bonchev–Trinajstić information content (AvgIpc) is 3.37. The number of nitrogens with zero attached hydrogens (tertiary/aromatic N) is 6. The minimum atomic E-state index is -0.544. The van der Waals surface area contributed by atoms with Crippen LogP contribution in [0, 0.1) is 6.92 Å². The zero-order valence-corrected chi connectivity index (χ0v) is 16.2. The Morgan fingerprint density at radius 2 is 2.11 bits per heavy atom. The highest BCUT2D eigenvalue weighted by molar-refractivity contribution is 7.17. The third-order valence-electron chi connectivity index (χ3n) is 3.95. The van der Waals surface area contributed by atoms with Gasteiger partial charge in [0.05, 0.1) is 29.3 Å². The Kier molecular flexibility index (Phi) is 4.76. The summed E-state index contributed by atoms with van der Waals surface area (Å²) < 4.78 is 1.74. The van der Waals surface area contributed by atoms with Crippen molar-refractivity contribution in [2.24, 2.45) is 5.73 Å². The summed E-state index contributed by atoms with van der Waals surface area (Å²) in [5.74, 6) is 0.530. The van der Waals surface area contributed by atoms with E-state index in [-0.39, 0.29) is 0 Å². The summed E-state index contributed by atoms with van der Waals surface area (Å²) >= 11 is 7.67. The van der Waals surface area contributed by atoms with Gasteiger partial charge in [-0.05, 0) is 18.6 Å². The minimum absolute atomic E-state index is 0.337. The van der Waals surface area contributed by atoms with E-state index in [1.54, 1.807) is 46.6 Å². The van der Waals surface area contributed by atoms with E-state index in [0.717, 1.165) is 16.9 Å². The van der Waals surface area contributed by atoms with Gasteiger partial charge in [0.15, 0.2) is 16.8 Å². The minimum Gasteiger partial charge on any atom is -0.365 e. The van der Waals surface area contributed by atoms with Gasteiger partial charge in [-0.3, -0.25) is 19.2 Å². The molecule has 0 aliphatic carbocycles. The molecular formula is C18H14ClN7OS. The van der Waals surface area contributed by atoms with E-state index in [2.05, 4.69) is 19.9 Å². The second kappa shape index (κ2) is 7.37. The topological polar surface area (TPSA) is 103 Å². The van der Waals surface area contributed by atoms with Crippen molar-refractivity contribution in [1.29, 1.82) is 0 Å². The molecule has 0 aliphatic heterocycles. The maximum atomic E-state index is 11.6. The smallest absolute Gasteiger partial charge is 0.260 e. The molecule has 3 aromatic heterocycles. The molecule has 1 aromatic carbocycles. The maximum absolute atomic E-state index is 11.6. The molecule has 0 bridgehead atoms. The number of primary amides is 1. The van der Waals surface area contributed by atoms with Gasteiger partial charge in [-0.1, -0.05) is 35.1 Å². The fraction of sp³-hybridized carbons (Fsp3) is 0.0556. The molecule has 10 heteroatoms. The summed E-state index contributed by atoms with van der Waals surface area (Å²) in [5.41, 5.74) is 7.02. The summed E-state index contributed by atoms with van der Waals surface area (Å²) in [5, 5.41) is 1.02. The van der Waals surface area contributed by atoms with Crippen LogP contribution in [0.1, 0.15) is 15.2 Å². The number of amides is 1. The number of rotatable bonds is 5. The van der Waals surface area contributed by atoms with Gasteiger partial charge in [0.2, 0.25) is 0 Å². The van der Waals surface area contributed by atoms with Crippen molar-refractivity contribution in [3.05, 3.63) is 71.0 Å². The molecular weight excluding hydrogens is 398 g/mol. The molecule has 0 aliphatic rings. The number of hydrogen-bond acceptors (Lipinski definition) is 7. The third kappa shape index (κ3) is 3.32.